The number of carbonyl (C=O) groups is 5. The molecule has 0 saturated heterocycles. The molecule has 0 radical (unpaired) electrons. The third-order valence-electron chi connectivity index (χ3n) is 3.64. The highest BCUT2D eigenvalue weighted by Gasteiger charge is 2.30. The van der Waals surface area contributed by atoms with Crippen molar-refractivity contribution in [3.63, 3.8) is 0 Å². The Kier molecular flexibility index (Phi) is 8.56. The first-order valence-electron chi connectivity index (χ1n) is 8.16. The van der Waals surface area contributed by atoms with Crippen molar-refractivity contribution in [3.8, 4) is 0 Å². The van der Waals surface area contributed by atoms with Gasteiger partial charge in [0.2, 0.25) is 11.8 Å². The van der Waals surface area contributed by atoms with Crippen LogP contribution in [0, 0.1) is 0 Å². The lowest BCUT2D eigenvalue weighted by Gasteiger charge is -2.21. The first-order valence-corrected chi connectivity index (χ1v) is 8.16. The number of nitrogens with one attached hydrogen (secondary N) is 2. The van der Waals surface area contributed by atoms with Gasteiger partial charge in [-0.2, -0.15) is 0 Å². The Morgan fingerprint density at radius 3 is 1.86 bits per heavy atom. The quantitative estimate of drug-likeness (QED) is 0.260. The van der Waals surface area contributed by atoms with Gasteiger partial charge < -0.3 is 31.7 Å². The van der Waals surface area contributed by atoms with E-state index in [-0.39, 0.29) is 6.42 Å². The van der Waals surface area contributed by atoms with Crippen LogP contribution < -0.4 is 16.4 Å². The molecule has 0 heterocycles. The fourth-order valence-corrected chi connectivity index (χ4v) is 2.27. The van der Waals surface area contributed by atoms with Gasteiger partial charge in [-0.05, 0) is 5.56 Å². The van der Waals surface area contributed by atoms with E-state index in [9.17, 15) is 29.1 Å². The van der Waals surface area contributed by atoms with Gasteiger partial charge in [0.15, 0.2) is 0 Å². The Bertz CT molecular complexity index is 737. The summed E-state index contributed by atoms with van der Waals surface area (Å²) in [6.07, 6.45) is -1.62. The van der Waals surface area contributed by atoms with Crippen molar-refractivity contribution in [2.75, 3.05) is 0 Å². The van der Waals surface area contributed by atoms with E-state index >= 15 is 0 Å². The van der Waals surface area contributed by atoms with E-state index in [1.165, 1.54) is 0 Å². The van der Waals surface area contributed by atoms with Crippen LogP contribution in [0.2, 0.25) is 0 Å². The van der Waals surface area contributed by atoms with Crippen molar-refractivity contribution in [2.24, 2.45) is 5.73 Å². The molecule has 2 amide bonds. The lowest BCUT2D eigenvalue weighted by molar-refractivity contribution is -0.144. The zero-order valence-electron chi connectivity index (χ0n) is 14.7. The smallest absolute Gasteiger partial charge is 0.326 e. The minimum atomic E-state index is -1.62. The molecule has 1 rings (SSSR count). The molecule has 0 fully saturated rings. The maximum Gasteiger partial charge on any atom is 0.326 e. The van der Waals surface area contributed by atoms with Crippen molar-refractivity contribution in [1.29, 1.82) is 0 Å². The van der Waals surface area contributed by atoms with Gasteiger partial charge in [-0.1, -0.05) is 30.3 Å². The van der Waals surface area contributed by atoms with Gasteiger partial charge in [0, 0.05) is 6.42 Å². The fraction of sp³-hybridized carbons (Fsp3) is 0.353. The summed E-state index contributed by atoms with van der Waals surface area (Å²) in [7, 11) is 0. The average molecular weight is 395 g/mol. The zero-order valence-corrected chi connectivity index (χ0v) is 14.7. The summed E-state index contributed by atoms with van der Waals surface area (Å²) in [4.78, 5) is 57.3. The van der Waals surface area contributed by atoms with Crippen LogP contribution in [0.1, 0.15) is 18.4 Å². The highest BCUT2D eigenvalue weighted by atomic mass is 16.4. The second-order valence-corrected chi connectivity index (χ2v) is 5.95. The molecule has 1 aromatic carbocycles. The molecule has 3 atom stereocenters. The fourth-order valence-electron chi connectivity index (χ4n) is 2.27. The number of rotatable bonds is 11. The van der Waals surface area contributed by atoms with E-state index in [1.54, 1.807) is 30.3 Å². The summed E-state index contributed by atoms with van der Waals surface area (Å²) >= 11 is 0. The summed E-state index contributed by atoms with van der Waals surface area (Å²) in [6.45, 7) is 0. The van der Waals surface area contributed by atoms with Crippen LogP contribution in [-0.4, -0.2) is 63.2 Å². The minimum Gasteiger partial charge on any atom is -0.481 e. The van der Waals surface area contributed by atoms with Crippen LogP contribution in [0.5, 0.6) is 0 Å². The largest absolute Gasteiger partial charge is 0.481 e. The summed E-state index contributed by atoms with van der Waals surface area (Å²) in [5, 5.41) is 31.1. The van der Waals surface area contributed by atoms with Crippen molar-refractivity contribution in [1.82, 2.24) is 10.6 Å². The zero-order chi connectivity index (χ0) is 21.3. The standard InChI is InChI=1S/C17H21N3O8/c18-10(7-13(21)22)15(25)19-11(8-14(23)24)16(26)20-12(17(27)28)6-9-4-2-1-3-5-9/h1-5,10-12H,6-8,18H2,(H,19,25)(H,20,26)(H,21,22)(H,23,24)(H,27,28)/t10-,11-,12-/m0/s1. The molecular formula is C17H21N3O8. The average Bonchev–Trinajstić information content (AvgIpc) is 2.60. The molecule has 1 aromatic rings. The van der Waals surface area contributed by atoms with E-state index in [1.807, 2.05) is 5.32 Å². The van der Waals surface area contributed by atoms with Gasteiger partial charge in [0.25, 0.3) is 0 Å². The van der Waals surface area contributed by atoms with Crippen LogP contribution >= 0.6 is 0 Å². The SMILES string of the molecule is N[C@@H](CC(=O)O)C(=O)N[C@@H](CC(=O)O)C(=O)N[C@@H](Cc1ccccc1)C(=O)O. The molecule has 7 N–H and O–H groups in total. The van der Waals surface area contributed by atoms with E-state index in [0.29, 0.717) is 5.56 Å². The van der Waals surface area contributed by atoms with Crippen LogP contribution in [0.25, 0.3) is 0 Å². The summed E-state index contributed by atoms with van der Waals surface area (Å²) in [5.41, 5.74) is 6.01. The Morgan fingerprint density at radius 1 is 0.821 bits per heavy atom. The van der Waals surface area contributed by atoms with Crippen molar-refractivity contribution in [2.45, 2.75) is 37.4 Å². The Labute approximate surface area is 159 Å². The third-order valence-corrected chi connectivity index (χ3v) is 3.64. The van der Waals surface area contributed by atoms with Gasteiger partial charge in [-0.3, -0.25) is 19.2 Å². The predicted octanol–water partition coefficient (Wildman–Crippen LogP) is -1.44. The third kappa shape index (κ3) is 7.83. The number of carboxylic acids is 3. The lowest BCUT2D eigenvalue weighted by atomic mass is 10.0. The second kappa shape index (κ2) is 10.6. The number of aliphatic carboxylic acids is 3. The number of benzene rings is 1. The van der Waals surface area contributed by atoms with Gasteiger partial charge >= 0.3 is 17.9 Å². The van der Waals surface area contributed by atoms with Crippen molar-refractivity contribution >= 4 is 29.7 Å². The highest BCUT2D eigenvalue weighted by Crippen LogP contribution is 2.05. The predicted molar refractivity (Wildman–Crippen MR) is 94.1 cm³/mol. The molecule has 0 aromatic heterocycles. The Hall–Kier alpha value is -3.47. The molecule has 0 aliphatic heterocycles. The number of carboxylic acid groups (broad SMARTS) is 3. The van der Waals surface area contributed by atoms with Crippen molar-refractivity contribution in [3.05, 3.63) is 35.9 Å². The van der Waals surface area contributed by atoms with Crippen LogP contribution in [0.4, 0.5) is 0 Å². The van der Waals surface area contributed by atoms with Crippen LogP contribution in [0.3, 0.4) is 0 Å². The summed E-state index contributed by atoms with van der Waals surface area (Å²) in [6, 6.07) is 3.93. The van der Waals surface area contributed by atoms with Crippen LogP contribution in [0.15, 0.2) is 30.3 Å². The molecule has 0 bridgehead atoms. The molecule has 0 aliphatic rings. The van der Waals surface area contributed by atoms with E-state index in [0.717, 1.165) is 0 Å². The summed E-state index contributed by atoms with van der Waals surface area (Å²) < 4.78 is 0. The molecule has 0 unspecified atom stereocenters. The number of nitrogens with two attached hydrogens (primary N) is 1. The number of hydrogen-bond donors (Lipinski definition) is 6. The van der Waals surface area contributed by atoms with E-state index < -0.39 is 60.7 Å². The maximum absolute atomic E-state index is 12.4. The number of carbonyl (C=O) groups excluding carboxylic acids is 2. The first-order chi connectivity index (χ1) is 13.1. The topological polar surface area (TPSA) is 196 Å². The van der Waals surface area contributed by atoms with Gasteiger partial charge in [-0.15, -0.1) is 0 Å². The summed E-state index contributed by atoms with van der Waals surface area (Å²) in [5.74, 6) is -6.21. The van der Waals surface area contributed by atoms with Gasteiger partial charge in [-0.25, -0.2) is 4.79 Å². The normalized spacial score (nSPS) is 13.6. The Balaban J connectivity index is 2.86. The number of hydrogen-bond acceptors (Lipinski definition) is 6. The van der Waals surface area contributed by atoms with Crippen molar-refractivity contribution < 1.29 is 39.3 Å². The molecule has 11 heteroatoms. The molecule has 0 aliphatic carbocycles. The molecule has 11 nitrogen and oxygen atoms in total. The molecule has 0 saturated carbocycles. The Morgan fingerprint density at radius 2 is 1.36 bits per heavy atom. The molecule has 152 valence electrons. The monoisotopic (exact) mass is 395 g/mol. The molecular weight excluding hydrogens is 374 g/mol. The minimum absolute atomic E-state index is 0.0613. The van der Waals surface area contributed by atoms with E-state index in [4.69, 9.17) is 15.9 Å². The van der Waals surface area contributed by atoms with Gasteiger partial charge in [0.05, 0.1) is 18.9 Å². The molecule has 28 heavy (non-hydrogen) atoms. The van der Waals surface area contributed by atoms with Gasteiger partial charge in [0.1, 0.15) is 12.1 Å². The first kappa shape index (κ1) is 22.6. The highest BCUT2D eigenvalue weighted by molar-refractivity contribution is 5.94. The van der Waals surface area contributed by atoms with E-state index in [2.05, 4.69) is 5.32 Å². The maximum atomic E-state index is 12.4. The number of amides is 2. The lowest BCUT2D eigenvalue weighted by Crippen LogP contribution is -2.55. The second-order valence-electron chi connectivity index (χ2n) is 5.95. The molecule has 0 spiro atoms. The van der Waals surface area contributed by atoms with Crippen LogP contribution in [-0.2, 0) is 30.4 Å².